The smallest absolute Gasteiger partial charge is 0.291 e. The van der Waals surface area contributed by atoms with Crippen molar-refractivity contribution in [2.75, 3.05) is 5.32 Å². The van der Waals surface area contributed by atoms with Gasteiger partial charge in [0.1, 0.15) is 11.3 Å². The summed E-state index contributed by atoms with van der Waals surface area (Å²) < 4.78 is 11.7. The lowest BCUT2D eigenvalue weighted by atomic mass is 9.93. The molecule has 0 bridgehead atoms. The van der Waals surface area contributed by atoms with Gasteiger partial charge in [-0.3, -0.25) is 9.59 Å². The monoisotopic (exact) mass is 497 g/mol. The molecule has 2 heterocycles. The SMILES string of the molecule is Cc1ccc(NC(=O)c2oc3c(c2C)/C(=N/NC(=O)Cc2coc4c(C)c(C)ccc24)CCC3)cc1C. The van der Waals surface area contributed by atoms with Crippen molar-refractivity contribution in [3.8, 4) is 0 Å². The van der Waals surface area contributed by atoms with Crippen molar-refractivity contribution in [3.63, 3.8) is 0 Å². The maximum absolute atomic E-state index is 13.0. The van der Waals surface area contributed by atoms with Gasteiger partial charge in [-0.2, -0.15) is 5.10 Å². The van der Waals surface area contributed by atoms with E-state index in [0.717, 1.165) is 79.9 Å². The van der Waals surface area contributed by atoms with Gasteiger partial charge in [0, 0.05) is 34.2 Å². The molecule has 0 saturated heterocycles. The number of anilines is 1. The molecule has 0 aliphatic heterocycles. The van der Waals surface area contributed by atoms with Crippen molar-refractivity contribution in [2.45, 2.75) is 60.3 Å². The fraction of sp³-hybridized carbons (Fsp3) is 0.300. The third-order valence-corrected chi connectivity index (χ3v) is 7.30. The summed E-state index contributed by atoms with van der Waals surface area (Å²) in [7, 11) is 0. The fourth-order valence-corrected chi connectivity index (χ4v) is 4.87. The number of aryl methyl sites for hydroxylation is 5. The second-order valence-corrected chi connectivity index (χ2v) is 9.88. The molecule has 2 aromatic heterocycles. The first-order chi connectivity index (χ1) is 17.7. The van der Waals surface area contributed by atoms with Crippen LogP contribution in [0.1, 0.15) is 68.1 Å². The first-order valence-electron chi connectivity index (χ1n) is 12.6. The Morgan fingerprint density at radius 1 is 0.946 bits per heavy atom. The summed E-state index contributed by atoms with van der Waals surface area (Å²) in [5.74, 6) is 0.485. The first kappa shape index (κ1) is 24.6. The van der Waals surface area contributed by atoms with Gasteiger partial charge >= 0.3 is 0 Å². The average molecular weight is 498 g/mol. The number of rotatable bonds is 5. The molecule has 1 aliphatic rings. The van der Waals surface area contributed by atoms with E-state index >= 15 is 0 Å². The van der Waals surface area contributed by atoms with Gasteiger partial charge in [0.05, 0.1) is 18.4 Å². The van der Waals surface area contributed by atoms with Crippen molar-refractivity contribution in [1.29, 1.82) is 0 Å². The van der Waals surface area contributed by atoms with Crippen LogP contribution in [-0.2, 0) is 17.6 Å². The van der Waals surface area contributed by atoms with E-state index in [1.54, 1.807) is 6.26 Å². The Morgan fingerprint density at radius 2 is 1.73 bits per heavy atom. The zero-order chi connectivity index (χ0) is 26.3. The lowest BCUT2D eigenvalue weighted by Crippen LogP contribution is -2.23. The zero-order valence-electron chi connectivity index (χ0n) is 21.9. The number of fused-ring (bicyclic) bond motifs is 2. The maximum atomic E-state index is 13.0. The summed E-state index contributed by atoms with van der Waals surface area (Å²) in [5.41, 5.74) is 11.8. The molecule has 190 valence electrons. The fourth-order valence-electron chi connectivity index (χ4n) is 4.87. The highest BCUT2D eigenvalue weighted by molar-refractivity contribution is 6.09. The highest BCUT2D eigenvalue weighted by atomic mass is 16.4. The molecule has 0 unspecified atom stereocenters. The van der Waals surface area contributed by atoms with Gasteiger partial charge in [-0.1, -0.05) is 18.2 Å². The first-order valence-corrected chi connectivity index (χ1v) is 12.6. The van der Waals surface area contributed by atoms with Crippen molar-refractivity contribution >= 4 is 34.2 Å². The number of hydrogen-bond donors (Lipinski definition) is 2. The molecule has 1 aliphatic carbocycles. The number of hydrogen-bond acceptors (Lipinski definition) is 5. The lowest BCUT2D eigenvalue weighted by molar-refractivity contribution is -0.120. The van der Waals surface area contributed by atoms with Gasteiger partial charge in [0.25, 0.3) is 5.91 Å². The number of carbonyl (C=O) groups is 2. The Labute approximate surface area is 215 Å². The number of carbonyl (C=O) groups excluding carboxylic acids is 2. The van der Waals surface area contributed by atoms with Gasteiger partial charge in [-0.05, 0) is 81.8 Å². The van der Waals surface area contributed by atoms with Gasteiger partial charge < -0.3 is 14.2 Å². The third kappa shape index (κ3) is 4.69. The molecular weight excluding hydrogens is 466 g/mol. The quantitative estimate of drug-likeness (QED) is 0.320. The highest BCUT2D eigenvalue weighted by Crippen LogP contribution is 2.31. The van der Waals surface area contributed by atoms with E-state index in [2.05, 4.69) is 15.8 Å². The van der Waals surface area contributed by atoms with Crippen LogP contribution in [0.3, 0.4) is 0 Å². The van der Waals surface area contributed by atoms with Gasteiger partial charge in [0.15, 0.2) is 5.76 Å². The molecule has 0 spiro atoms. The van der Waals surface area contributed by atoms with Crippen molar-refractivity contribution in [2.24, 2.45) is 5.10 Å². The summed E-state index contributed by atoms with van der Waals surface area (Å²) in [4.78, 5) is 25.8. The minimum atomic E-state index is -0.295. The molecule has 0 atom stereocenters. The number of nitrogens with one attached hydrogen (secondary N) is 2. The minimum Gasteiger partial charge on any atom is -0.464 e. The molecule has 4 aromatic rings. The molecule has 7 nitrogen and oxygen atoms in total. The molecule has 5 rings (SSSR count). The highest BCUT2D eigenvalue weighted by Gasteiger charge is 2.28. The molecule has 7 heteroatoms. The van der Waals surface area contributed by atoms with Crippen molar-refractivity contribution < 1.29 is 18.4 Å². The molecule has 37 heavy (non-hydrogen) atoms. The zero-order valence-corrected chi connectivity index (χ0v) is 21.9. The Morgan fingerprint density at radius 3 is 2.51 bits per heavy atom. The Kier molecular flexibility index (Phi) is 6.46. The van der Waals surface area contributed by atoms with Crippen LogP contribution in [0.2, 0.25) is 0 Å². The molecule has 0 fully saturated rings. The Bertz CT molecular complexity index is 1570. The molecule has 2 aromatic carbocycles. The summed E-state index contributed by atoms with van der Waals surface area (Å²) in [6.45, 7) is 9.96. The largest absolute Gasteiger partial charge is 0.464 e. The van der Waals surface area contributed by atoms with Gasteiger partial charge in [0.2, 0.25) is 5.91 Å². The minimum absolute atomic E-state index is 0.160. The predicted molar refractivity (Wildman–Crippen MR) is 144 cm³/mol. The van der Waals surface area contributed by atoms with Crippen LogP contribution in [-0.4, -0.2) is 17.5 Å². The van der Waals surface area contributed by atoms with Crippen LogP contribution in [0.15, 0.2) is 50.5 Å². The van der Waals surface area contributed by atoms with E-state index in [4.69, 9.17) is 8.83 Å². The summed E-state index contributed by atoms with van der Waals surface area (Å²) >= 11 is 0. The van der Waals surface area contributed by atoms with E-state index in [-0.39, 0.29) is 24.0 Å². The normalized spacial score (nSPS) is 14.1. The molecular formula is C30H31N3O4. The standard InChI is InChI=1S/C30H31N3O4/c1-16-9-11-22(13-18(16)3)31-30(35)29-20(5)27-24(7-6-8-25(27)37-29)32-33-26(34)14-21-15-36-28-19(4)17(2)10-12-23(21)28/h9-13,15H,6-8,14H2,1-5H3,(H,31,35)(H,33,34)/b32-24+. The summed E-state index contributed by atoms with van der Waals surface area (Å²) in [6.07, 6.45) is 4.05. The van der Waals surface area contributed by atoms with E-state index < -0.39 is 0 Å². The van der Waals surface area contributed by atoms with Crippen LogP contribution < -0.4 is 10.7 Å². The lowest BCUT2D eigenvalue weighted by Gasteiger charge is -2.13. The Balaban J connectivity index is 1.33. The molecule has 0 radical (unpaired) electrons. The second-order valence-electron chi connectivity index (χ2n) is 9.88. The molecule has 2 amide bonds. The van der Waals surface area contributed by atoms with Gasteiger partial charge in [-0.15, -0.1) is 0 Å². The maximum Gasteiger partial charge on any atom is 0.291 e. The number of amides is 2. The van der Waals surface area contributed by atoms with Crippen LogP contribution in [0.4, 0.5) is 5.69 Å². The van der Waals surface area contributed by atoms with E-state index in [0.29, 0.717) is 6.42 Å². The van der Waals surface area contributed by atoms with E-state index in [1.807, 2.05) is 65.0 Å². The predicted octanol–water partition coefficient (Wildman–Crippen LogP) is 6.22. The summed E-state index contributed by atoms with van der Waals surface area (Å²) in [6, 6.07) is 9.83. The molecule has 2 N–H and O–H groups in total. The van der Waals surface area contributed by atoms with E-state index in [9.17, 15) is 9.59 Å². The van der Waals surface area contributed by atoms with Gasteiger partial charge in [-0.25, -0.2) is 5.43 Å². The third-order valence-electron chi connectivity index (χ3n) is 7.30. The molecule has 0 saturated carbocycles. The number of hydrazone groups is 1. The topological polar surface area (TPSA) is 96.8 Å². The Hall–Kier alpha value is -4.13. The second kappa shape index (κ2) is 9.73. The van der Waals surface area contributed by atoms with Crippen LogP contribution >= 0.6 is 0 Å². The summed E-state index contributed by atoms with van der Waals surface area (Å²) in [5, 5.41) is 8.33. The number of furan rings is 2. The van der Waals surface area contributed by atoms with Crippen LogP contribution in [0.5, 0.6) is 0 Å². The van der Waals surface area contributed by atoms with Crippen LogP contribution in [0.25, 0.3) is 11.0 Å². The number of nitrogens with zero attached hydrogens (tertiary/aromatic N) is 1. The number of benzene rings is 2. The average Bonchev–Trinajstić information content (AvgIpc) is 3.44. The van der Waals surface area contributed by atoms with Crippen LogP contribution in [0, 0.1) is 34.6 Å². The van der Waals surface area contributed by atoms with Crippen molar-refractivity contribution in [3.05, 3.63) is 87.1 Å². The van der Waals surface area contributed by atoms with E-state index in [1.165, 1.54) is 0 Å². The van der Waals surface area contributed by atoms with Crippen molar-refractivity contribution in [1.82, 2.24) is 5.43 Å².